The number of para-hydroxylation sites is 1. The molecule has 7 heterocycles. The Hall–Kier alpha value is -5.74. The number of piperazine rings is 1. The van der Waals surface area contributed by atoms with E-state index in [0.717, 1.165) is 91.8 Å². The van der Waals surface area contributed by atoms with Crippen molar-refractivity contribution in [2.24, 2.45) is 20.0 Å². The second-order valence-corrected chi connectivity index (χ2v) is 16.6. The van der Waals surface area contributed by atoms with Crippen molar-refractivity contribution in [3.63, 3.8) is 0 Å². The molecule has 4 fully saturated rings. The van der Waals surface area contributed by atoms with Crippen LogP contribution in [0.5, 0.6) is 5.75 Å². The highest BCUT2D eigenvalue weighted by Crippen LogP contribution is 2.38. The van der Waals surface area contributed by atoms with Crippen molar-refractivity contribution in [2.75, 3.05) is 61.5 Å². The zero-order valence-electron chi connectivity index (χ0n) is 33.4. The van der Waals surface area contributed by atoms with E-state index < -0.39 is 5.92 Å². The van der Waals surface area contributed by atoms with Gasteiger partial charge in [-0.2, -0.15) is 10.1 Å². The number of amides is 3. The van der Waals surface area contributed by atoms with E-state index in [0.29, 0.717) is 53.1 Å². The molecule has 3 unspecified atom stereocenters. The number of carbonyl (C=O) groups excluding carboxylic acids is 3. The summed E-state index contributed by atoms with van der Waals surface area (Å²) >= 11 is 6.66. The zero-order chi connectivity index (χ0) is 40.9. The van der Waals surface area contributed by atoms with Gasteiger partial charge >= 0.3 is 0 Å². The van der Waals surface area contributed by atoms with Gasteiger partial charge in [0.1, 0.15) is 5.02 Å². The van der Waals surface area contributed by atoms with Gasteiger partial charge in [-0.05, 0) is 68.4 Å². The highest BCUT2D eigenvalue weighted by atomic mass is 35.5. The average molecular weight is 822 g/mol. The third-order valence-corrected chi connectivity index (χ3v) is 12.8. The number of imide groups is 1. The van der Waals surface area contributed by atoms with Crippen LogP contribution in [0.2, 0.25) is 5.02 Å². The number of aromatic nitrogens is 5. The maximum absolute atomic E-state index is 12.9. The number of piperidine rings is 2. The van der Waals surface area contributed by atoms with Crippen LogP contribution in [0.4, 0.5) is 23.1 Å². The van der Waals surface area contributed by atoms with Crippen LogP contribution in [0.1, 0.15) is 50.1 Å². The lowest BCUT2D eigenvalue weighted by Crippen LogP contribution is -2.55. The van der Waals surface area contributed by atoms with Crippen LogP contribution in [0, 0.1) is 5.92 Å². The summed E-state index contributed by atoms with van der Waals surface area (Å²) in [5.74, 6) is 0.607. The Morgan fingerprint density at radius 1 is 1.00 bits per heavy atom. The largest absolute Gasteiger partial charge is 0.478 e. The number of halogens is 1. The van der Waals surface area contributed by atoms with Crippen molar-refractivity contribution in [3.05, 3.63) is 69.7 Å². The Balaban J connectivity index is 0.838. The van der Waals surface area contributed by atoms with E-state index in [1.54, 1.807) is 19.3 Å². The number of hydrogen-bond acceptors (Lipinski definition) is 12. The minimum absolute atomic E-state index is 0.0882. The Morgan fingerprint density at radius 2 is 1.78 bits per heavy atom. The molecule has 9 rings (SSSR count). The molecule has 17 heteroatoms. The molecule has 308 valence electrons. The lowest BCUT2D eigenvalue weighted by Gasteiger charge is -2.43. The summed E-state index contributed by atoms with van der Waals surface area (Å²) < 4.78 is 8.93. The zero-order valence-corrected chi connectivity index (χ0v) is 34.2. The number of nitrogens with one attached hydrogen (secondary N) is 3. The molecule has 3 amide bonds. The molecule has 3 aromatic heterocycles. The van der Waals surface area contributed by atoms with E-state index in [2.05, 4.69) is 42.8 Å². The maximum Gasteiger partial charge on any atom is 0.293 e. The highest BCUT2D eigenvalue weighted by molar-refractivity contribution is 6.33. The monoisotopic (exact) mass is 821 g/mol. The minimum Gasteiger partial charge on any atom is -0.478 e. The molecular weight excluding hydrogens is 774 g/mol. The van der Waals surface area contributed by atoms with Crippen LogP contribution in [-0.2, 0) is 28.5 Å². The molecule has 16 nitrogen and oxygen atoms in total. The van der Waals surface area contributed by atoms with E-state index in [9.17, 15) is 19.2 Å². The van der Waals surface area contributed by atoms with Gasteiger partial charge in [0.2, 0.25) is 17.8 Å². The van der Waals surface area contributed by atoms with Gasteiger partial charge in [-0.1, -0.05) is 23.7 Å². The number of carbonyl (C=O) groups is 3. The van der Waals surface area contributed by atoms with E-state index in [4.69, 9.17) is 31.4 Å². The van der Waals surface area contributed by atoms with Crippen LogP contribution in [0.25, 0.3) is 21.8 Å². The summed E-state index contributed by atoms with van der Waals surface area (Å²) in [6.07, 6.45) is 6.81. The van der Waals surface area contributed by atoms with Crippen molar-refractivity contribution >= 4 is 74.3 Å². The molecular formula is C42H48ClN11O5. The number of pyridine rings is 1. The third kappa shape index (κ3) is 7.43. The summed E-state index contributed by atoms with van der Waals surface area (Å²) in [7, 11) is 5.13. The van der Waals surface area contributed by atoms with Crippen molar-refractivity contribution in [2.45, 2.75) is 56.5 Å². The summed E-state index contributed by atoms with van der Waals surface area (Å²) in [5.41, 5.74) is 4.04. The Labute approximate surface area is 345 Å². The molecule has 0 spiro atoms. The third-order valence-electron chi connectivity index (χ3n) is 12.5. The fourth-order valence-electron chi connectivity index (χ4n) is 9.55. The Bertz CT molecular complexity index is 2520. The van der Waals surface area contributed by atoms with Crippen LogP contribution in [0.15, 0.2) is 53.5 Å². The molecule has 2 bridgehead atoms. The Morgan fingerprint density at radius 3 is 2.53 bits per heavy atom. The van der Waals surface area contributed by atoms with Crippen LogP contribution in [-0.4, -0.2) is 105 Å². The average Bonchev–Trinajstić information content (AvgIpc) is 3.71. The van der Waals surface area contributed by atoms with E-state index >= 15 is 0 Å². The van der Waals surface area contributed by atoms with Gasteiger partial charge in [-0.25, -0.2) is 4.98 Å². The first kappa shape index (κ1) is 38.8. The first-order valence-corrected chi connectivity index (χ1v) is 20.7. The van der Waals surface area contributed by atoms with Gasteiger partial charge in [0, 0.05) is 88.8 Å². The summed E-state index contributed by atoms with van der Waals surface area (Å²) in [6, 6.07) is 14.1. The second-order valence-electron chi connectivity index (χ2n) is 16.2. The number of aryl methyl sites for hydroxylation is 2. The predicted molar refractivity (Wildman–Crippen MR) is 226 cm³/mol. The number of likely N-dealkylation sites (tertiary alicyclic amines) is 1. The van der Waals surface area contributed by atoms with E-state index in [1.807, 2.05) is 36.0 Å². The second kappa shape index (κ2) is 15.8. The number of hydrogen-bond donors (Lipinski definition) is 3. The van der Waals surface area contributed by atoms with Gasteiger partial charge < -0.3 is 29.7 Å². The molecule has 4 aliphatic rings. The molecule has 2 aromatic carbocycles. The van der Waals surface area contributed by atoms with Gasteiger partial charge in [0.05, 0.1) is 34.5 Å². The lowest BCUT2D eigenvalue weighted by molar-refractivity contribution is -0.134. The van der Waals surface area contributed by atoms with Crippen LogP contribution in [0.3, 0.4) is 0 Å². The van der Waals surface area contributed by atoms with Gasteiger partial charge in [0.15, 0.2) is 18.2 Å². The quantitative estimate of drug-likeness (QED) is 0.174. The topological polar surface area (TPSA) is 172 Å². The number of anilines is 4. The molecule has 5 aromatic rings. The molecule has 3 N–H and O–H groups in total. The van der Waals surface area contributed by atoms with E-state index in [-0.39, 0.29) is 35.6 Å². The fourth-order valence-corrected chi connectivity index (χ4v) is 9.69. The van der Waals surface area contributed by atoms with Gasteiger partial charge in [-0.3, -0.25) is 34.1 Å². The van der Waals surface area contributed by atoms with Gasteiger partial charge in [0.25, 0.3) is 11.5 Å². The van der Waals surface area contributed by atoms with Crippen molar-refractivity contribution in [1.82, 2.24) is 39.8 Å². The SMILES string of the molecule is CNC(=O)COc1cc2cc(Nc3nc(N4C5CCC4CN(CC4CCN(c6cccc7c(C8CCC(=O)NC8=O)nn(C)c67)CC4)C5)ncc3Cl)ccc2n(C)c1=O. The number of ether oxygens (including phenoxy) is 1. The molecule has 4 aliphatic heterocycles. The lowest BCUT2D eigenvalue weighted by atomic mass is 9.92. The first-order valence-electron chi connectivity index (χ1n) is 20.4. The molecule has 3 atom stereocenters. The maximum atomic E-state index is 12.9. The number of likely N-dealkylation sites (N-methyl/N-ethyl adjacent to an activating group) is 1. The Kier molecular flexibility index (Phi) is 10.4. The van der Waals surface area contributed by atoms with Crippen molar-refractivity contribution in [1.29, 1.82) is 0 Å². The standard InChI is InChI=1S/C42H48ClN11O5/c1-44-36(56)23-59-34-18-25-17-26(7-11-32(25)50(2)41(34)58)46-39-31(43)19-45-42(48-39)54-27-8-9-28(54)22-52(21-27)20-24-13-15-53(16-14-24)33-6-4-5-29-37(49-51(3)38(29)33)30-10-12-35(55)47-40(30)57/h4-7,11,17-19,24,27-28,30H,8-10,12-16,20-23H2,1-3H3,(H,44,56)(H,45,46,48)(H,47,55,57). The number of fused-ring (bicyclic) bond motifs is 4. The minimum atomic E-state index is -0.423. The van der Waals surface area contributed by atoms with E-state index in [1.165, 1.54) is 11.6 Å². The smallest absolute Gasteiger partial charge is 0.293 e. The summed E-state index contributed by atoms with van der Waals surface area (Å²) in [5, 5.41) is 15.3. The number of benzene rings is 2. The number of nitrogens with zero attached hydrogens (tertiary/aromatic N) is 8. The normalized spacial score (nSPS) is 21.3. The predicted octanol–water partition coefficient (Wildman–Crippen LogP) is 3.83. The molecule has 59 heavy (non-hydrogen) atoms. The summed E-state index contributed by atoms with van der Waals surface area (Å²) in [6.45, 7) is 4.61. The number of rotatable bonds is 10. The first-order chi connectivity index (χ1) is 28.5. The molecule has 4 saturated heterocycles. The molecule has 0 aliphatic carbocycles. The fraction of sp³-hybridized carbons (Fsp3) is 0.452. The summed E-state index contributed by atoms with van der Waals surface area (Å²) in [4.78, 5) is 66.3. The molecule has 0 saturated carbocycles. The van der Waals surface area contributed by atoms with Crippen LogP contribution >= 0.6 is 11.6 Å². The highest BCUT2D eigenvalue weighted by Gasteiger charge is 2.42. The van der Waals surface area contributed by atoms with Crippen molar-refractivity contribution < 1.29 is 19.1 Å². The molecule has 0 radical (unpaired) electrons. The van der Waals surface area contributed by atoms with Crippen LogP contribution < -0.4 is 36.0 Å². The van der Waals surface area contributed by atoms with Crippen molar-refractivity contribution in [3.8, 4) is 5.75 Å². The van der Waals surface area contributed by atoms with Gasteiger partial charge in [-0.15, -0.1) is 0 Å².